The van der Waals surface area contributed by atoms with Crippen LogP contribution in [0.15, 0.2) is 27.5 Å². The fraction of sp³-hybridized carbons (Fsp3) is 0.222. The number of hydrogen-bond acceptors (Lipinski definition) is 5. The van der Waals surface area contributed by atoms with E-state index in [9.17, 15) is 23.6 Å². The second-order valence-corrected chi connectivity index (χ2v) is 5.17. The lowest BCUT2D eigenvalue weighted by molar-refractivity contribution is -0.385. The first-order valence-electron chi connectivity index (χ1n) is 4.68. The number of hydrogen-bond donors (Lipinski definition) is 1. The van der Waals surface area contributed by atoms with Crippen LogP contribution < -0.4 is 0 Å². The Morgan fingerprint density at radius 3 is 2.50 bits per heavy atom. The quantitative estimate of drug-likeness (QED) is 0.371. The summed E-state index contributed by atoms with van der Waals surface area (Å²) in [6, 6.07) is 2.69. The summed E-state index contributed by atoms with van der Waals surface area (Å²) in [6.07, 6.45) is 1.05. The molecule has 0 amide bonds. The van der Waals surface area contributed by atoms with Gasteiger partial charge in [0, 0.05) is 20.2 Å². The molecule has 1 aromatic carbocycles. The van der Waals surface area contributed by atoms with Crippen molar-refractivity contribution in [1.29, 1.82) is 0 Å². The maximum atomic E-state index is 11.7. The van der Waals surface area contributed by atoms with Crippen molar-refractivity contribution < 1.29 is 18.4 Å². The van der Waals surface area contributed by atoms with E-state index >= 15 is 0 Å². The number of phenolic OH excluding ortho intramolecular Hbond substituents is 1. The van der Waals surface area contributed by atoms with Gasteiger partial charge in [-0.05, 0) is 6.07 Å². The van der Waals surface area contributed by atoms with E-state index in [-0.39, 0.29) is 0 Å². The SMILES string of the molecule is CN(C)C=NS(=O)(=O)c1ccc([N+](=O)[O-])cc1O. The fourth-order valence-corrected chi connectivity index (χ4v) is 2.04. The van der Waals surface area contributed by atoms with Gasteiger partial charge in [0.05, 0.1) is 11.0 Å². The smallest absolute Gasteiger partial charge is 0.287 e. The molecule has 0 aliphatic heterocycles. The normalized spacial score (nSPS) is 11.7. The van der Waals surface area contributed by atoms with Crippen molar-refractivity contribution >= 4 is 22.0 Å². The molecule has 0 spiro atoms. The molecule has 0 radical (unpaired) electrons. The Bertz CT molecular complexity index is 594. The number of nitro benzene ring substituents is 1. The lowest BCUT2D eigenvalue weighted by atomic mass is 10.3. The summed E-state index contributed by atoms with van der Waals surface area (Å²) in [6.45, 7) is 0. The Morgan fingerprint density at radius 2 is 2.06 bits per heavy atom. The highest BCUT2D eigenvalue weighted by molar-refractivity contribution is 7.90. The molecule has 0 atom stereocenters. The maximum absolute atomic E-state index is 11.7. The van der Waals surface area contributed by atoms with Crippen LogP contribution in [0.5, 0.6) is 5.75 Å². The molecule has 98 valence electrons. The molecule has 0 unspecified atom stereocenters. The van der Waals surface area contributed by atoms with Gasteiger partial charge in [0.1, 0.15) is 17.0 Å². The van der Waals surface area contributed by atoms with Gasteiger partial charge in [0.25, 0.3) is 15.7 Å². The Balaban J connectivity index is 3.23. The van der Waals surface area contributed by atoms with Crippen molar-refractivity contribution in [3.63, 3.8) is 0 Å². The number of rotatable bonds is 4. The number of nitrogens with zero attached hydrogens (tertiary/aromatic N) is 3. The first kappa shape index (κ1) is 13.9. The number of phenols is 1. The summed E-state index contributed by atoms with van der Waals surface area (Å²) in [5, 5.41) is 19.9. The topological polar surface area (TPSA) is 113 Å². The third kappa shape index (κ3) is 3.17. The molecule has 0 fully saturated rings. The van der Waals surface area contributed by atoms with Crippen LogP contribution in [-0.2, 0) is 10.0 Å². The average Bonchev–Trinajstić information content (AvgIpc) is 2.26. The van der Waals surface area contributed by atoms with Gasteiger partial charge in [-0.2, -0.15) is 8.42 Å². The van der Waals surface area contributed by atoms with E-state index < -0.39 is 31.3 Å². The third-order valence-corrected chi connectivity index (χ3v) is 3.12. The average molecular weight is 273 g/mol. The molecular weight excluding hydrogens is 262 g/mol. The molecule has 1 rings (SSSR count). The second kappa shape index (κ2) is 5.00. The van der Waals surface area contributed by atoms with Gasteiger partial charge in [0.2, 0.25) is 0 Å². The van der Waals surface area contributed by atoms with Crippen LogP contribution >= 0.6 is 0 Å². The van der Waals surface area contributed by atoms with Crippen LogP contribution in [0.2, 0.25) is 0 Å². The van der Waals surface area contributed by atoms with Crippen LogP contribution in [0.25, 0.3) is 0 Å². The van der Waals surface area contributed by atoms with Crippen molar-refractivity contribution in [1.82, 2.24) is 4.90 Å². The van der Waals surface area contributed by atoms with E-state index in [1.807, 2.05) is 0 Å². The first-order valence-corrected chi connectivity index (χ1v) is 6.12. The van der Waals surface area contributed by atoms with Gasteiger partial charge in [-0.25, -0.2) is 0 Å². The van der Waals surface area contributed by atoms with E-state index in [2.05, 4.69) is 4.40 Å². The van der Waals surface area contributed by atoms with Gasteiger partial charge in [-0.15, -0.1) is 4.40 Å². The Kier molecular flexibility index (Phi) is 3.86. The zero-order valence-corrected chi connectivity index (χ0v) is 10.5. The Morgan fingerprint density at radius 1 is 1.44 bits per heavy atom. The van der Waals surface area contributed by atoms with Crippen molar-refractivity contribution in [2.75, 3.05) is 14.1 Å². The number of nitro groups is 1. The monoisotopic (exact) mass is 273 g/mol. The first-order chi connectivity index (χ1) is 8.24. The zero-order chi connectivity index (χ0) is 13.9. The van der Waals surface area contributed by atoms with Gasteiger partial charge in [-0.1, -0.05) is 0 Å². The minimum atomic E-state index is -4.07. The maximum Gasteiger partial charge on any atom is 0.287 e. The molecule has 0 aliphatic carbocycles. The third-order valence-electron chi connectivity index (χ3n) is 1.85. The Labute approximate surface area is 103 Å². The van der Waals surface area contributed by atoms with Crippen molar-refractivity contribution in [3.8, 4) is 5.75 Å². The lowest BCUT2D eigenvalue weighted by Crippen LogP contribution is -2.10. The molecule has 1 N–H and O–H groups in total. The van der Waals surface area contributed by atoms with E-state index in [0.29, 0.717) is 0 Å². The molecule has 0 saturated heterocycles. The second-order valence-electron chi connectivity index (χ2n) is 3.57. The van der Waals surface area contributed by atoms with E-state index in [1.165, 1.54) is 4.90 Å². The summed E-state index contributed by atoms with van der Waals surface area (Å²) in [5.41, 5.74) is -0.400. The van der Waals surface area contributed by atoms with Crippen LogP contribution in [0.3, 0.4) is 0 Å². The lowest BCUT2D eigenvalue weighted by Gasteiger charge is -2.04. The molecule has 0 aromatic heterocycles. The Hall–Kier alpha value is -2.16. The zero-order valence-electron chi connectivity index (χ0n) is 9.64. The minimum absolute atomic E-state index is 0.400. The fourth-order valence-electron chi connectivity index (χ4n) is 1.05. The summed E-state index contributed by atoms with van der Waals surface area (Å²) in [5.74, 6) is -0.708. The highest BCUT2D eigenvalue weighted by Gasteiger charge is 2.20. The van der Waals surface area contributed by atoms with Crippen LogP contribution in [0.1, 0.15) is 0 Å². The van der Waals surface area contributed by atoms with Crippen LogP contribution in [-0.4, -0.2) is 43.8 Å². The molecule has 0 aliphatic rings. The molecule has 18 heavy (non-hydrogen) atoms. The van der Waals surface area contributed by atoms with E-state index in [1.54, 1.807) is 14.1 Å². The highest BCUT2D eigenvalue weighted by atomic mass is 32.2. The molecule has 0 bridgehead atoms. The predicted octanol–water partition coefficient (Wildman–Crippen LogP) is 0.579. The molecule has 0 saturated carbocycles. The van der Waals surface area contributed by atoms with Gasteiger partial charge in [0.15, 0.2) is 0 Å². The summed E-state index contributed by atoms with van der Waals surface area (Å²) >= 11 is 0. The van der Waals surface area contributed by atoms with E-state index in [0.717, 1.165) is 24.5 Å². The summed E-state index contributed by atoms with van der Waals surface area (Å²) in [4.78, 5) is 10.6. The number of aromatic hydroxyl groups is 1. The van der Waals surface area contributed by atoms with E-state index in [4.69, 9.17) is 0 Å². The van der Waals surface area contributed by atoms with Gasteiger partial charge in [-0.3, -0.25) is 10.1 Å². The number of non-ortho nitro benzene ring substituents is 1. The molecule has 1 aromatic rings. The van der Waals surface area contributed by atoms with Crippen molar-refractivity contribution in [2.45, 2.75) is 4.90 Å². The predicted molar refractivity (Wildman–Crippen MR) is 64.1 cm³/mol. The van der Waals surface area contributed by atoms with Gasteiger partial charge >= 0.3 is 0 Å². The largest absolute Gasteiger partial charge is 0.506 e. The highest BCUT2D eigenvalue weighted by Crippen LogP contribution is 2.28. The standard InChI is InChI=1S/C9H11N3O5S/c1-11(2)6-10-18(16,17)9-4-3-7(12(14)15)5-8(9)13/h3-6,13H,1-2H3. The van der Waals surface area contributed by atoms with Crippen LogP contribution in [0.4, 0.5) is 5.69 Å². The van der Waals surface area contributed by atoms with Crippen LogP contribution in [0, 0.1) is 10.1 Å². The minimum Gasteiger partial charge on any atom is -0.506 e. The number of benzene rings is 1. The van der Waals surface area contributed by atoms with Gasteiger partial charge < -0.3 is 10.0 Å². The summed E-state index contributed by atoms with van der Waals surface area (Å²) < 4.78 is 26.7. The molecule has 8 nitrogen and oxygen atoms in total. The number of sulfonamides is 1. The molecule has 0 heterocycles. The molecule has 9 heteroatoms. The summed E-state index contributed by atoms with van der Waals surface area (Å²) in [7, 11) is -0.917. The van der Waals surface area contributed by atoms with Crippen molar-refractivity contribution in [3.05, 3.63) is 28.3 Å². The van der Waals surface area contributed by atoms with Crippen molar-refractivity contribution in [2.24, 2.45) is 4.40 Å². The molecular formula is C9H11N3O5S.